The SMILES string of the molecule is O=C(O)c1ccc2c(c1)S(=O)(=O)N(CC1CCOC1)C2=O. The monoisotopic (exact) mass is 311 g/mol. The van der Waals surface area contributed by atoms with Crippen LogP contribution in [0.5, 0.6) is 0 Å². The number of nitrogens with zero attached hydrogens (tertiary/aromatic N) is 1. The molecule has 1 amide bonds. The van der Waals surface area contributed by atoms with Gasteiger partial charge in [0.2, 0.25) is 0 Å². The van der Waals surface area contributed by atoms with Crippen molar-refractivity contribution in [2.45, 2.75) is 11.3 Å². The fourth-order valence-electron chi connectivity index (χ4n) is 2.55. The number of fused-ring (bicyclic) bond motifs is 1. The second kappa shape index (κ2) is 4.81. The first kappa shape index (κ1) is 14.0. The maximum absolute atomic E-state index is 12.4. The first-order chi connectivity index (χ1) is 9.91. The molecule has 3 rings (SSSR count). The number of carbonyl (C=O) groups excluding carboxylic acids is 1. The number of hydrogen-bond acceptors (Lipinski definition) is 5. The van der Waals surface area contributed by atoms with E-state index < -0.39 is 21.9 Å². The summed E-state index contributed by atoms with van der Waals surface area (Å²) in [4.78, 5) is 23.0. The van der Waals surface area contributed by atoms with Gasteiger partial charge in [0, 0.05) is 19.1 Å². The van der Waals surface area contributed by atoms with Gasteiger partial charge in [-0.3, -0.25) is 4.79 Å². The molecule has 1 N–H and O–H groups in total. The smallest absolute Gasteiger partial charge is 0.335 e. The Balaban J connectivity index is 1.99. The summed E-state index contributed by atoms with van der Waals surface area (Å²) in [6, 6.07) is 3.52. The molecule has 0 radical (unpaired) electrons. The van der Waals surface area contributed by atoms with E-state index in [4.69, 9.17) is 9.84 Å². The lowest BCUT2D eigenvalue weighted by Gasteiger charge is -2.18. The summed E-state index contributed by atoms with van der Waals surface area (Å²) in [6.45, 7) is 1.05. The average Bonchev–Trinajstić information content (AvgIpc) is 3.01. The normalized spacial score (nSPS) is 23.3. The maximum Gasteiger partial charge on any atom is 0.335 e. The summed E-state index contributed by atoms with van der Waals surface area (Å²) < 4.78 is 30.9. The Morgan fingerprint density at radius 2 is 2.19 bits per heavy atom. The molecule has 1 aromatic carbocycles. The largest absolute Gasteiger partial charge is 0.478 e. The van der Waals surface area contributed by atoms with Crippen LogP contribution in [0.4, 0.5) is 0 Å². The lowest BCUT2D eigenvalue weighted by Crippen LogP contribution is -2.34. The number of aromatic carboxylic acids is 1. The van der Waals surface area contributed by atoms with Crippen molar-refractivity contribution >= 4 is 21.9 Å². The van der Waals surface area contributed by atoms with Gasteiger partial charge in [-0.1, -0.05) is 0 Å². The number of benzene rings is 1. The minimum atomic E-state index is -3.97. The number of sulfonamides is 1. The molecular weight excluding hydrogens is 298 g/mol. The topological polar surface area (TPSA) is 101 Å². The molecule has 1 unspecified atom stereocenters. The molecule has 21 heavy (non-hydrogen) atoms. The molecule has 0 bridgehead atoms. The van der Waals surface area contributed by atoms with Crippen LogP contribution >= 0.6 is 0 Å². The first-order valence-electron chi connectivity index (χ1n) is 6.43. The van der Waals surface area contributed by atoms with Gasteiger partial charge in [0.15, 0.2) is 0 Å². The summed E-state index contributed by atoms with van der Waals surface area (Å²) in [6.07, 6.45) is 0.704. The number of carbonyl (C=O) groups is 2. The van der Waals surface area contributed by atoms with Gasteiger partial charge in [-0.15, -0.1) is 0 Å². The summed E-state index contributed by atoms with van der Waals surface area (Å²) in [5.41, 5.74) is -0.130. The van der Waals surface area contributed by atoms with Crippen LogP contribution < -0.4 is 0 Å². The van der Waals surface area contributed by atoms with Crippen molar-refractivity contribution in [1.82, 2.24) is 4.31 Å². The van der Waals surface area contributed by atoms with E-state index in [1.54, 1.807) is 0 Å². The zero-order chi connectivity index (χ0) is 15.2. The van der Waals surface area contributed by atoms with Gasteiger partial charge in [0.1, 0.15) is 4.90 Å². The summed E-state index contributed by atoms with van der Waals surface area (Å²) >= 11 is 0. The van der Waals surface area contributed by atoms with Crippen molar-refractivity contribution in [2.75, 3.05) is 19.8 Å². The van der Waals surface area contributed by atoms with Gasteiger partial charge >= 0.3 is 5.97 Å². The third-order valence-corrected chi connectivity index (χ3v) is 5.49. The minimum Gasteiger partial charge on any atom is -0.478 e. The predicted octanol–water partition coefficient (Wildman–Crippen LogP) is 0.566. The van der Waals surface area contributed by atoms with Gasteiger partial charge < -0.3 is 9.84 Å². The third kappa shape index (κ3) is 2.20. The molecule has 1 aromatic rings. The van der Waals surface area contributed by atoms with Crippen LogP contribution in [0.3, 0.4) is 0 Å². The van der Waals surface area contributed by atoms with Crippen LogP contribution in [0.1, 0.15) is 27.1 Å². The van der Waals surface area contributed by atoms with Crippen LogP contribution in [0.2, 0.25) is 0 Å². The molecule has 1 atom stereocenters. The molecule has 0 spiro atoms. The van der Waals surface area contributed by atoms with Gasteiger partial charge in [0.05, 0.1) is 17.7 Å². The molecular formula is C13H13NO6S. The zero-order valence-corrected chi connectivity index (χ0v) is 11.8. The molecule has 0 aromatic heterocycles. The number of carboxylic acid groups (broad SMARTS) is 1. The third-order valence-electron chi connectivity index (χ3n) is 3.70. The molecule has 2 heterocycles. The van der Waals surface area contributed by atoms with E-state index in [1.807, 2.05) is 0 Å². The Hall–Kier alpha value is -1.93. The fourth-order valence-corrected chi connectivity index (χ4v) is 4.22. The standard InChI is InChI=1S/C13H13NO6S/c15-12-10-2-1-9(13(16)17)5-11(10)21(18,19)14(12)6-8-3-4-20-7-8/h1-2,5,8H,3-4,6-7H2,(H,16,17). The molecule has 0 aliphatic carbocycles. The zero-order valence-electron chi connectivity index (χ0n) is 11.0. The van der Waals surface area contributed by atoms with Gasteiger partial charge in [-0.25, -0.2) is 17.5 Å². The first-order valence-corrected chi connectivity index (χ1v) is 7.87. The summed E-state index contributed by atoms with van der Waals surface area (Å²) in [5, 5.41) is 8.94. The lowest BCUT2D eigenvalue weighted by atomic mass is 10.1. The summed E-state index contributed by atoms with van der Waals surface area (Å²) in [5.74, 6) is -1.85. The molecule has 2 aliphatic heterocycles. The van der Waals surface area contributed by atoms with E-state index >= 15 is 0 Å². The highest BCUT2D eigenvalue weighted by Gasteiger charge is 2.42. The number of amides is 1. The molecule has 112 valence electrons. The average molecular weight is 311 g/mol. The van der Waals surface area contributed by atoms with E-state index in [9.17, 15) is 18.0 Å². The number of ether oxygens (including phenoxy) is 1. The van der Waals surface area contributed by atoms with Crippen LogP contribution in [0.25, 0.3) is 0 Å². The molecule has 2 aliphatic rings. The van der Waals surface area contributed by atoms with Gasteiger partial charge in [0.25, 0.3) is 15.9 Å². The Morgan fingerprint density at radius 1 is 1.43 bits per heavy atom. The minimum absolute atomic E-state index is 0.0167. The van der Waals surface area contributed by atoms with E-state index in [1.165, 1.54) is 12.1 Å². The molecule has 1 saturated heterocycles. The van der Waals surface area contributed by atoms with Crippen LogP contribution in [-0.2, 0) is 14.8 Å². The van der Waals surface area contributed by atoms with E-state index in [-0.39, 0.29) is 28.5 Å². The van der Waals surface area contributed by atoms with Crippen molar-refractivity contribution in [3.63, 3.8) is 0 Å². The highest BCUT2D eigenvalue weighted by Crippen LogP contribution is 2.32. The Labute approximate surface area is 121 Å². The second-order valence-electron chi connectivity index (χ2n) is 5.09. The van der Waals surface area contributed by atoms with Crippen molar-refractivity contribution in [3.8, 4) is 0 Å². The fraction of sp³-hybridized carbons (Fsp3) is 0.385. The van der Waals surface area contributed by atoms with Gasteiger partial charge in [-0.2, -0.15) is 0 Å². The Morgan fingerprint density at radius 3 is 2.81 bits per heavy atom. The second-order valence-corrected chi connectivity index (χ2v) is 6.92. The van der Waals surface area contributed by atoms with Crippen LogP contribution in [-0.4, -0.2) is 49.5 Å². The molecule has 8 heteroatoms. The van der Waals surface area contributed by atoms with E-state index in [0.29, 0.717) is 19.6 Å². The van der Waals surface area contributed by atoms with Crippen LogP contribution in [0.15, 0.2) is 23.1 Å². The van der Waals surface area contributed by atoms with Crippen molar-refractivity contribution in [3.05, 3.63) is 29.3 Å². The van der Waals surface area contributed by atoms with Crippen LogP contribution in [0, 0.1) is 5.92 Å². The van der Waals surface area contributed by atoms with Crippen molar-refractivity contribution in [2.24, 2.45) is 5.92 Å². The Kier molecular flexibility index (Phi) is 3.22. The number of carboxylic acids is 1. The molecule has 1 fully saturated rings. The highest BCUT2D eigenvalue weighted by atomic mass is 32.2. The Bertz CT molecular complexity index is 720. The molecule has 0 saturated carbocycles. The lowest BCUT2D eigenvalue weighted by molar-refractivity contribution is 0.0695. The summed E-state index contributed by atoms with van der Waals surface area (Å²) in [7, 11) is -3.97. The van der Waals surface area contributed by atoms with Crippen molar-refractivity contribution < 1.29 is 27.9 Å². The molecule has 7 nitrogen and oxygen atoms in total. The maximum atomic E-state index is 12.4. The van der Waals surface area contributed by atoms with E-state index in [2.05, 4.69) is 0 Å². The quantitative estimate of drug-likeness (QED) is 0.875. The number of rotatable bonds is 3. The highest BCUT2D eigenvalue weighted by molar-refractivity contribution is 7.90. The van der Waals surface area contributed by atoms with E-state index in [0.717, 1.165) is 10.4 Å². The van der Waals surface area contributed by atoms with Crippen molar-refractivity contribution in [1.29, 1.82) is 0 Å². The van der Waals surface area contributed by atoms with Gasteiger partial charge in [-0.05, 0) is 24.6 Å². The predicted molar refractivity (Wildman–Crippen MR) is 70.5 cm³/mol. The number of hydrogen-bond donors (Lipinski definition) is 1.